The van der Waals surface area contributed by atoms with Crippen LogP contribution in [0.1, 0.15) is 20.7 Å². The maximum atomic E-state index is 12.3. The number of hydrogen-bond acceptors (Lipinski definition) is 6. The number of nitrogens with zero attached hydrogens (tertiary/aromatic N) is 1. The van der Waals surface area contributed by atoms with Crippen LogP contribution in [0.5, 0.6) is 0 Å². The van der Waals surface area contributed by atoms with Crippen molar-refractivity contribution < 1.29 is 27.9 Å². The summed E-state index contributed by atoms with van der Waals surface area (Å²) in [6.07, 6.45) is 0. The molecule has 8 nitrogen and oxygen atoms in total. The Labute approximate surface area is 125 Å². The first-order valence-electron chi connectivity index (χ1n) is 6.46. The Bertz CT molecular complexity index is 768. The highest BCUT2D eigenvalue weighted by atomic mass is 32.2. The van der Waals surface area contributed by atoms with Crippen molar-refractivity contribution in [1.29, 1.82) is 0 Å². The van der Waals surface area contributed by atoms with Crippen LogP contribution in [0.25, 0.3) is 0 Å². The van der Waals surface area contributed by atoms with Gasteiger partial charge >= 0.3 is 5.97 Å². The first kappa shape index (κ1) is 14.7. The molecule has 1 aromatic rings. The maximum absolute atomic E-state index is 12.3. The predicted molar refractivity (Wildman–Crippen MR) is 74.0 cm³/mol. The van der Waals surface area contributed by atoms with E-state index in [0.29, 0.717) is 4.90 Å². The first-order chi connectivity index (χ1) is 10.3. The molecule has 22 heavy (non-hydrogen) atoms. The van der Waals surface area contributed by atoms with E-state index in [1.54, 1.807) is 12.1 Å². The zero-order valence-electron chi connectivity index (χ0n) is 11.3. The van der Waals surface area contributed by atoms with Gasteiger partial charge in [-0.15, -0.1) is 0 Å². The molecule has 2 aliphatic rings. The van der Waals surface area contributed by atoms with Gasteiger partial charge in [0.05, 0.1) is 23.4 Å². The molecule has 2 aliphatic heterocycles. The number of fused-ring (bicyclic) bond motifs is 1. The second-order valence-corrected chi connectivity index (χ2v) is 7.45. The van der Waals surface area contributed by atoms with Crippen molar-refractivity contribution in [3.63, 3.8) is 0 Å². The third-order valence-corrected chi connectivity index (χ3v) is 6.17. The number of hydrogen-bond donors (Lipinski definition) is 2. The van der Waals surface area contributed by atoms with E-state index in [1.165, 1.54) is 12.1 Å². The van der Waals surface area contributed by atoms with Crippen molar-refractivity contribution in [3.8, 4) is 0 Å². The zero-order chi connectivity index (χ0) is 16.1. The first-order valence-corrected chi connectivity index (χ1v) is 8.11. The van der Waals surface area contributed by atoms with Crippen LogP contribution in [-0.2, 0) is 14.6 Å². The molecule has 2 heterocycles. The van der Waals surface area contributed by atoms with E-state index < -0.39 is 39.0 Å². The molecule has 3 rings (SSSR count). The summed E-state index contributed by atoms with van der Waals surface area (Å²) in [5, 5.41) is 11.8. The molecule has 1 unspecified atom stereocenters. The Morgan fingerprint density at radius 1 is 1.23 bits per heavy atom. The fraction of sp³-hybridized carbons (Fsp3) is 0.308. The molecule has 1 atom stereocenters. The van der Waals surface area contributed by atoms with Crippen LogP contribution in [0.2, 0.25) is 0 Å². The molecular formula is C13H12N2O6S. The van der Waals surface area contributed by atoms with Crippen molar-refractivity contribution in [2.45, 2.75) is 4.87 Å². The Kier molecular flexibility index (Phi) is 3.08. The fourth-order valence-electron chi connectivity index (χ4n) is 2.71. The van der Waals surface area contributed by atoms with Gasteiger partial charge in [-0.1, -0.05) is 12.1 Å². The second-order valence-electron chi connectivity index (χ2n) is 5.12. The number of carboxylic acids is 1. The minimum atomic E-state index is -4.03. The summed E-state index contributed by atoms with van der Waals surface area (Å²) >= 11 is 0. The number of sulfone groups is 1. The van der Waals surface area contributed by atoms with Gasteiger partial charge in [0, 0.05) is 6.54 Å². The highest BCUT2D eigenvalue weighted by Gasteiger charge is 2.57. The molecule has 2 amide bonds. The van der Waals surface area contributed by atoms with Gasteiger partial charge in [0.2, 0.25) is 4.87 Å². The van der Waals surface area contributed by atoms with E-state index in [2.05, 4.69) is 5.32 Å². The normalized spacial score (nSPS) is 26.3. The number of carbonyl (C=O) groups excluding carboxylic acids is 2. The largest absolute Gasteiger partial charge is 0.479 e. The average molecular weight is 324 g/mol. The number of carboxylic acid groups (broad SMARTS) is 1. The van der Waals surface area contributed by atoms with Gasteiger partial charge in [-0.2, -0.15) is 0 Å². The number of carbonyl (C=O) groups is 3. The number of amides is 2. The van der Waals surface area contributed by atoms with Crippen LogP contribution < -0.4 is 5.32 Å². The molecule has 0 bridgehead atoms. The van der Waals surface area contributed by atoms with E-state index in [1.807, 2.05) is 0 Å². The number of imide groups is 1. The van der Waals surface area contributed by atoms with Gasteiger partial charge in [-0.05, 0) is 12.1 Å². The third-order valence-electron chi connectivity index (χ3n) is 3.92. The van der Waals surface area contributed by atoms with E-state index in [0.717, 1.165) is 0 Å². The molecule has 0 saturated carbocycles. The smallest absolute Gasteiger partial charge is 0.341 e. The molecule has 1 aromatic carbocycles. The zero-order valence-corrected chi connectivity index (χ0v) is 12.1. The fourth-order valence-corrected chi connectivity index (χ4v) is 4.34. The Hall–Kier alpha value is -2.26. The van der Waals surface area contributed by atoms with Crippen molar-refractivity contribution in [2.24, 2.45) is 0 Å². The minimum Gasteiger partial charge on any atom is -0.479 e. The maximum Gasteiger partial charge on any atom is 0.341 e. The highest BCUT2D eigenvalue weighted by Crippen LogP contribution is 2.28. The summed E-state index contributed by atoms with van der Waals surface area (Å²) in [5.41, 5.74) is 0.284. The standard InChI is InChI=1S/C13H12N2O6S/c16-10-8-3-1-2-4-9(8)11(17)15(10)7-13(12(18)19)14-5-6-22(13,20)21/h1-4,14H,5-7H2,(H,18,19). The monoisotopic (exact) mass is 324 g/mol. The Morgan fingerprint density at radius 3 is 2.18 bits per heavy atom. The Balaban J connectivity index is 2.02. The van der Waals surface area contributed by atoms with E-state index in [9.17, 15) is 27.9 Å². The molecule has 116 valence electrons. The van der Waals surface area contributed by atoms with Crippen LogP contribution in [-0.4, -0.2) is 59.9 Å². The molecule has 0 spiro atoms. The van der Waals surface area contributed by atoms with Gasteiger partial charge in [0.1, 0.15) is 0 Å². The SMILES string of the molecule is O=C1c2ccccc2C(=O)N1CC1(C(=O)O)NCCS1(=O)=O. The van der Waals surface area contributed by atoms with Crippen LogP contribution in [0.4, 0.5) is 0 Å². The second kappa shape index (κ2) is 4.62. The topological polar surface area (TPSA) is 121 Å². The summed E-state index contributed by atoms with van der Waals surface area (Å²) in [7, 11) is -4.03. The molecule has 9 heteroatoms. The predicted octanol–water partition coefficient (Wildman–Crippen LogP) is -0.918. The molecule has 0 aromatic heterocycles. The van der Waals surface area contributed by atoms with Crippen LogP contribution in [0, 0.1) is 0 Å². The molecule has 2 N–H and O–H groups in total. The highest BCUT2D eigenvalue weighted by molar-refractivity contribution is 7.93. The van der Waals surface area contributed by atoms with Crippen LogP contribution >= 0.6 is 0 Å². The quantitative estimate of drug-likeness (QED) is 0.690. The van der Waals surface area contributed by atoms with E-state index in [-0.39, 0.29) is 23.4 Å². The summed E-state index contributed by atoms with van der Waals surface area (Å²) in [4.78, 5) is 34.4. The van der Waals surface area contributed by atoms with Gasteiger partial charge in [-0.25, -0.2) is 13.2 Å². The molecule has 1 fully saturated rings. The van der Waals surface area contributed by atoms with Crippen molar-refractivity contribution >= 4 is 27.6 Å². The molecule has 0 radical (unpaired) electrons. The molecule has 1 saturated heterocycles. The van der Waals surface area contributed by atoms with Crippen LogP contribution in [0.15, 0.2) is 24.3 Å². The Morgan fingerprint density at radius 2 is 1.77 bits per heavy atom. The van der Waals surface area contributed by atoms with E-state index >= 15 is 0 Å². The van der Waals surface area contributed by atoms with Crippen LogP contribution in [0.3, 0.4) is 0 Å². The lowest BCUT2D eigenvalue weighted by molar-refractivity contribution is -0.141. The van der Waals surface area contributed by atoms with Gasteiger partial charge in [0.25, 0.3) is 11.8 Å². The third kappa shape index (κ3) is 1.79. The number of benzene rings is 1. The lowest BCUT2D eigenvalue weighted by atomic mass is 10.1. The lowest BCUT2D eigenvalue weighted by Crippen LogP contribution is -2.60. The average Bonchev–Trinajstić information content (AvgIpc) is 2.90. The van der Waals surface area contributed by atoms with Gasteiger partial charge < -0.3 is 5.11 Å². The number of nitrogens with one attached hydrogen (secondary N) is 1. The number of rotatable bonds is 3. The van der Waals surface area contributed by atoms with Crippen molar-refractivity contribution in [2.75, 3.05) is 18.8 Å². The summed E-state index contributed by atoms with van der Waals surface area (Å²) in [6, 6.07) is 6.04. The minimum absolute atomic E-state index is 0.0438. The van der Waals surface area contributed by atoms with Gasteiger partial charge in [0.15, 0.2) is 9.84 Å². The molecular weight excluding hydrogens is 312 g/mol. The van der Waals surface area contributed by atoms with Crippen molar-refractivity contribution in [3.05, 3.63) is 35.4 Å². The number of aliphatic carboxylic acids is 1. The summed E-state index contributed by atoms with van der Waals surface area (Å²) in [6.45, 7) is -0.797. The van der Waals surface area contributed by atoms with E-state index in [4.69, 9.17) is 0 Å². The van der Waals surface area contributed by atoms with Gasteiger partial charge in [-0.3, -0.25) is 19.8 Å². The van der Waals surface area contributed by atoms with Crippen molar-refractivity contribution in [1.82, 2.24) is 10.2 Å². The summed E-state index contributed by atoms with van der Waals surface area (Å²) < 4.78 is 24.2. The molecule has 0 aliphatic carbocycles. The lowest BCUT2D eigenvalue weighted by Gasteiger charge is -2.27. The summed E-state index contributed by atoms with van der Waals surface area (Å²) in [5.74, 6) is -3.36.